The van der Waals surface area contributed by atoms with Crippen molar-refractivity contribution in [3.05, 3.63) is 11.8 Å². The minimum atomic E-state index is -0.0696. The Kier molecular flexibility index (Phi) is 3.32. The van der Waals surface area contributed by atoms with Gasteiger partial charge in [0.2, 0.25) is 11.8 Å². The van der Waals surface area contributed by atoms with Gasteiger partial charge in [-0.05, 0) is 32.2 Å². The van der Waals surface area contributed by atoms with Gasteiger partial charge in [0.1, 0.15) is 0 Å². The molecule has 0 radical (unpaired) electrons. The minimum Gasteiger partial charge on any atom is -0.338 e. The van der Waals surface area contributed by atoms with Crippen molar-refractivity contribution >= 4 is 11.8 Å². The van der Waals surface area contributed by atoms with Crippen LogP contribution >= 0.6 is 0 Å². The van der Waals surface area contributed by atoms with E-state index in [1.807, 2.05) is 6.07 Å². The third-order valence-corrected chi connectivity index (χ3v) is 4.14. The fourth-order valence-electron chi connectivity index (χ4n) is 2.81. The Bertz CT molecular complexity index is 499. The molecule has 1 aromatic rings. The summed E-state index contributed by atoms with van der Waals surface area (Å²) in [5, 5.41) is 6.91. The molecule has 2 heterocycles. The number of hydrogen-bond donors (Lipinski definition) is 1. The Morgan fingerprint density at radius 1 is 1.40 bits per heavy atom. The van der Waals surface area contributed by atoms with E-state index in [0.717, 1.165) is 25.1 Å². The maximum absolute atomic E-state index is 12.4. The van der Waals surface area contributed by atoms with Crippen molar-refractivity contribution < 1.29 is 9.32 Å². The lowest BCUT2D eigenvalue weighted by atomic mass is 9.92. The molecule has 1 saturated carbocycles. The number of carbonyl (C=O) groups is 1. The summed E-state index contributed by atoms with van der Waals surface area (Å²) in [5.74, 6) is 0.508. The molecule has 3 rings (SSSR count). The summed E-state index contributed by atoms with van der Waals surface area (Å²) in [6.45, 7) is 7.26. The topological polar surface area (TPSA) is 58.4 Å². The second-order valence-electron chi connectivity index (χ2n) is 6.94. The first-order chi connectivity index (χ1) is 9.45. The molecule has 1 aliphatic carbocycles. The number of carbonyl (C=O) groups excluding carboxylic acids is 1. The second kappa shape index (κ2) is 4.88. The first-order valence-electron chi connectivity index (χ1n) is 7.49. The molecule has 1 aromatic heterocycles. The molecule has 2 aliphatic rings. The van der Waals surface area contributed by atoms with Crippen LogP contribution in [0.3, 0.4) is 0 Å². The highest BCUT2D eigenvalue weighted by atomic mass is 16.5. The van der Waals surface area contributed by atoms with Crippen molar-refractivity contribution in [1.29, 1.82) is 0 Å². The Labute approximate surface area is 119 Å². The van der Waals surface area contributed by atoms with Crippen LogP contribution in [0.4, 0.5) is 5.88 Å². The molecule has 0 spiro atoms. The molecular formula is C15H23N3O2. The van der Waals surface area contributed by atoms with Gasteiger partial charge in [0.25, 0.3) is 0 Å². The highest BCUT2D eigenvalue weighted by Gasteiger charge is 2.40. The zero-order chi connectivity index (χ0) is 14.3. The van der Waals surface area contributed by atoms with Crippen molar-refractivity contribution in [3.8, 4) is 0 Å². The summed E-state index contributed by atoms with van der Waals surface area (Å²) < 4.78 is 5.23. The molecule has 2 fully saturated rings. The summed E-state index contributed by atoms with van der Waals surface area (Å²) in [5.41, 5.74) is 0.790. The maximum atomic E-state index is 12.4. The molecule has 5 heteroatoms. The molecule has 1 N–H and O–H groups in total. The number of amides is 1. The molecular weight excluding hydrogens is 254 g/mol. The number of rotatable bonds is 3. The fourth-order valence-corrected chi connectivity index (χ4v) is 2.81. The van der Waals surface area contributed by atoms with E-state index >= 15 is 0 Å². The normalized spacial score (nSPS) is 24.1. The van der Waals surface area contributed by atoms with Crippen LogP contribution in [0.2, 0.25) is 0 Å². The van der Waals surface area contributed by atoms with Crippen LogP contribution in [0.15, 0.2) is 10.6 Å². The minimum absolute atomic E-state index is 0.00527. The van der Waals surface area contributed by atoms with Crippen LogP contribution in [-0.2, 0) is 10.2 Å². The van der Waals surface area contributed by atoms with Crippen LogP contribution in [0.1, 0.15) is 52.1 Å². The largest absolute Gasteiger partial charge is 0.338 e. The highest BCUT2D eigenvalue weighted by Crippen LogP contribution is 2.34. The van der Waals surface area contributed by atoms with Gasteiger partial charge < -0.3 is 4.52 Å². The van der Waals surface area contributed by atoms with Gasteiger partial charge in [0, 0.05) is 17.5 Å². The zero-order valence-electron chi connectivity index (χ0n) is 12.5. The highest BCUT2D eigenvalue weighted by molar-refractivity contribution is 5.94. The molecule has 1 saturated heterocycles. The predicted molar refractivity (Wildman–Crippen MR) is 76.6 cm³/mol. The van der Waals surface area contributed by atoms with Gasteiger partial charge in [-0.2, -0.15) is 0 Å². The lowest BCUT2D eigenvalue weighted by Crippen LogP contribution is -2.40. The van der Waals surface area contributed by atoms with E-state index in [9.17, 15) is 4.79 Å². The maximum Gasteiger partial charge on any atom is 0.244 e. The van der Waals surface area contributed by atoms with Gasteiger partial charge in [0.05, 0.1) is 11.7 Å². The monoisotopic (exact) mass is 277 g/mol. The number of likely N-dealkylation sites (tertiary alicyclic amines) is 1. The number of anilines is 1. The van der Waals surface area contributed by atoms with E-state index < -0.39 is 0 Å². The van der Waals surface area contributed by atoms with E-state index in [4.69, 9.17) is 4.52 Å². The summed E-state index contributed by atoms with van der Waals surface area (Å²) in [6.07, 6.45) is 4.53. The van der Waals surface area contributed by atoms with Crippen LogP contribution in [0.5, 0.6) is 0 Å². The zero-order valence-corrected chi connectivity index (χ0v) is 12.5. The first kappa shape index (κ1) is 13.6. The van der Waals surface area contributed by atoms with Gasteiger partial charge in [0.15, 0.2) is 0 Å². The van der Waals surface area contributed by atoms with Crippen molar-refractivity contribution in [3.63, 3.8) is 0 Å². The van der Waals surface area contributed by atoms with Crippen molar-refractivity contribution in [1.82, 2.24) is 10.1 Å². The standard InChI is InChI=1S/C15H23N3O2/c1-15(2,3)12-9-13(20-17-12)16-14(19)11-5-4-8-18(11)10-6-7-10/h9-11H,4-8H2,1-3H3,(H,16,19). The fraction of sp³-hybridized carbons (Fsp3) is 0.733. The summed E-state index contributed by atoms with van der Waals surface area (Å²) >= 11 is 0. The molecule has 1 unspecified atom stereocenters. The Hall–Kier alpha value is -1.36. The Balaban J connectivity index is 1.65. The van der Waals surface area contributed by atoms with Gasteiger partial charge in [-0.25, -0.2) is 0 Å². The SMILES string of the molecule is CC(C)(C)c1cc(NC(=O)C2CCCN2C2CC2)on1. The van der Waals surface area contributed by atoms with E-state index in [-0.39, 0.29) is 17.4 Å². The van der Waals surface area contributed by atoms with E-state index in [2.05, 4.69) is 36.1 Å². The molecule has 5 nitrogen and oxygen atoms in total. The molecule has 110 valence electrons. The van der Waals surface area contributed by atoms with Crippen molar-refractivity contribution in [2.45, 2.75) is 64.0 Å². The summed E-state index contributed by atoms with van der Waals surface area (Å²) in [7, 11) is 0. The number of aromatic nitrogens is 1. The van der Waals surface area contributed by atoms with Crippen LogP contribution < -0.4 is 5.32 Å². The average Bonchev–Trinajstić information content (AvgIpc) is 2.91. The summed E-state index contributed by atoms with van der Waals surface area (Å²) in [6, 6.07) is 2.47. The molecule has 1 aliphatic heterocycles. The van der Waals surface area contributed by atoms with Gasteiger partial charge >= 0.3 is 0 Å². The molecule has 20 heavy (non-hydrogen) atoms. The molecule has 1 amide bonds. The summed E-state index contributed by atoms with van der Waals surface area (Å²) in [4.78, 5) is 14.7. The predicted octanol–water partition coefficient (Wildman–Crippen LogP) is 2.54. The molecule has 0 aromatic carbocycles. The third kappa shape index (κ3) is 2.73. The van der Waals surface area contributed by atoms with Gasteiger partial charge in [-0.1, -0.05) is 25.9 Å². The van der Waals surface area contributed by atoms with Crippen molar-refractivity contribution in [2.24, 2.45) is 0 Å². The van der Waals surface area contributed by atoms with E-state index in [1.165, 1.54) is 12.8 Å². The number of nitrogens with zero attached hydrogens (tertiary/aromatic N) is 2. The first-order valence-corrected chi connectivity index (χ1v) is 7.49. The third-order valence-electron chi connectivity index (χ3n) is 4.14. The van der Waals surface area contributed by atoms with Crippen LogP contribution in [0.25, 0.3) is 0 Å². The van der Waals surface area contributed by atoms with Gasteiger partial charge in [-0.3, -0.25) is 15.0 Å². The van der Waals surface area contributed by atoms with E-state index in [1.54, 1.807) is 0 Å². The van der Waals surface area contributed by atoms with E-state index in [0.29, 0.717) is 11.9 Å². The van der Waals surface area contributed by atoms with Gasteiger partial charge in [-0.15, -0.1) is 0 Å². The van der Waals surface area contributed by atoms with Crippen molar-refractivity contribution in [2.75, 3.05) is 11.9 Å². The quantitative estimate of drug-likeness (QED) is 0.922. The average molecular weight is 277 g/mol. The van der Waals surface area contributed by atoms with Crippen LogP contribution in [-0.4, -0.2) is 34.6 Å². The Morgan fingerprint density at radius 2 is 2.15 bits per heavy atom. The Morgan fingerprint density at radius 3 is 2.75 bits per heavy atom. The molecule has 1 atom stereocenters. The molecule has 0 bridgehead atoms. The lowest BCUT2D eigenvalue weighted by molar-refractivity contribution is -0.120. The number of hydrogen-bond acceptors (Lipinski definition) is 4. The number of nitrogens with one attached hydrogen (secondary N) is 1. The smallest absolute Gasteiger partial charge is 0.244 e. The lowest BCUT2D eigenvalue weighted by Gasteiger charge is -2.22. The van der Waals surface area contributed by atoms with Crippen LogP contribution in [0, 0.1) is 0 Å². The second-order valence-corrected chi connectivity index (χ2v) is 6.94.